The molecule has 0 bridgehead atoms. The Labute approximate surface area is 228 Å². The van der Waals surface area contributed by atoms with Crippen LogP contribution in [0.2, 0.25) is 0 Å². The quantitative estimate of drug-likeness (QED) is 0.0706. The van der Waals surface area contributed by atoms with Crippen LogP contribution < -0.4 is 38.1 Å². The molecule has 0 saturated heterocycles. The second-order valence-electron chi connectivity index (χ2n) is 9.07. The van der Waals surface area contributed by atoms with E-state index in [4.69, 9.17) is 16.6 Å². The molecule has 0 aliphatic rings. The van der Waals surface area contributed by atoms with Crippen LogP contribution in [0.15, 0.2) is 18.2 Å². The summed E-state index contributed by atoms with van der Waals surface area (Å²) in [7, 11) is 0. The lowest BCUT2D eigenvalue weighted by molar-refractivity contribution is -0.131. The minimum Gasteiger partial charge on any atom is -0.508 e. The van der Waals surface area contributed by atoms with E-state index in [9.17, 15) is 29.4 Å². The molecule has 2 atom stereocenters. The van der Waals surface area contributed by atoms with Crippen molar-refractivity contribution < 1.29 is 34.5 Å². The van der Waals surface area contributed by atoms with E-state index < -0.39 is 29.8 Å². The molecule has 0 unspecified atom stereocenters. The van der Waals surface area contributed by atoms with Crippen molar-refractivity contribution in [3.63, 3.8) is 0 Å². The Kier molecular flexibility index (Phi) is 16.9. The van der Waals surface area contributed by atoms with Crippen LogP contribution in [0.25, 0.3) is 0 Å². The molecular weight excluding hydrogens is 510 g/mol. The van der Waals surface area contributed by atoms with Crippen molar-refractivity contribution in [2.24, 2.45) is 11.5 Å². The summed E-state index contributed by atoms with van der Waals surface area (Å²) in [5.74, 6) is -2.60. The number of aromatic hydroxyl groups is 2. The minimum absolute atomic E-state index is 0.146. The number of hydrogen-bond acceptors (Lipinski definition) is 10. The third kappa shape index (κ3) is 15.5. The summed E-state index contributed by atoms with van der Waals surface area (Å²) in [4.78, 5) is 47.6. The number of nitrogens with one attached hydrogen (secondary N) is 5. The maximum Gasteiger partial charge on any atom is 0.243 e. The van der Waals surface area contributed by atoms with Crippen molar-refractivity contribution in [3.05, 3.63) is 23.8 Å². The number of aliphatic hydroxyl groups is 1. The predicted octanol–water partition coefficient (Wildman–Crippen LogP) is -2.71. The Morgan fingerprint density at radius 2 is 1.38 bits per heavy atom. The highest BCUT2D eigenvalue weighted by molar-refractivity contribution is 5.92. The summed E-state index contributed by atoms with van der Waals surface area (Å²) in [6.45, 7) is 3.66. The van der Waals surface area contributed by atoms with Gasteiger partial charge in [-0.1, -0.05) is 6.07 Å². The Hall–Kier alpha value is -3.46. The van der Waals surface area contributed by atoms with E-state index >= 15 is 0 Å². The first kappa shape index (κ1) is 33.6. The van der Waals surface area contributed by atoms with Crippen molar-refractivity contribution in [1.82, 2.24) is 26.6 Å². The summed E-state index contributed by atoms with van der Waals surface area (Å²) >= 11 is 0. The Morgan fingerprint density at radius 3 is 2.00 bits per heavy atom. The fourth-order valence-corrected chi connectivity index (χ4v) is 3.47. The number of carbonyl (C=O) groups excluding carboxylic acids is 4. The number of aliphatic hydroxyl groups excluding tert-OH is 1. The van der Waals surface area contributed by atoms with Gasteiger partial charge in [-0.15, -0.1) is 0 Å². The summed E-state index contributed by atoms with van der Waals surface area (Å²) in [5.41, 5.74) is 10.9. The Balaban J connectivity index is 2.13. The largest absolute Gasteiger partial charge is 0.508 e. The number of rotatable bonds is 21. The number of phenolic OH excluding ortho intramolecular Hbond substituents is 2. The van der Waals surface area contributed by atoms with Crippen LogP contribution in [0, 0.1) is 0 Å². The van der Waals surface area contributed by atoms with Crippen LogP contribution >= 0.6 is 0 Å². The molecule has 0 aliphatic heterocycles. The zero-order chi connectivity index (χ0) is 29.0. The van der Waals surface area contributed by atoms with Gasteiger partial charge in [-0.2, -0.15) is 0 Å². The molecular formula is C25H43N7O7. The van der Waals surface area contributed by atoms with E-state index in [1.54, 1.807) is 0 Å². The number of primary amides is 1. The SMILES string of the molecule is NC(=O)C[C@H](NC(=O)Cc1ccc(O)cc1O)C(=O)NCCCCNCCCNCCCNC(=O)[C@@H](N)CO. The average Bonchev–Trinajstić information content (AvgIpc) is 2.89. The van der Waals surface area contributed by atoms with E-state index in [0.29, 0.717) is 19.5 Å². The normalized spacial score (nSPS) is 12.4. The summed E-state index contributed by atoms with van der Waals surface area (Å²) in [6, 6.07) is 1.81. The first-order valence-electron chi connectivity index (χ1n) is 13.1. The average molecular weight is 554 g/mol. The van der Waals surface area contributed by atoms with Gasteiger partial charge in [0.05, 0.1) is 19.4 Å². The molecule has 0 aromatic heterocycles. The van der Waals surface area contributed by atoms with Gasteiger partial charge in [0.1, 0.15) is 23.6 Å². The van der Waals surface area contributed by atoms with Crippen molar-refractivity contribution >= 4 is 23.6 Å². The highest BCUT2D eigenvalue weighted by Gasteiger charge is 2.23. The highest BCUT2D eigenvalue weighted by Crippen LogP contribution is 2.22. The summed E-state index contributed by atoms with van der Waals surface area (Å²) < 4.78 is 0. The maximum absolute atomic E-state index is 12.5. The molecule has 4 amide bonds. The highest BCUT2D eigenvalue weighted by atomic mass is 16.3. The molecule has 39 heavy (non-hydrogen) atoms. The molecule has 0 heterocycles. The smallest absolute Gasteiger partial charge is 0.243 e. The maximum atomic E-state index is 12.5. The molecule has 0 radical (unpaired) electrons. The molecule has 0 saturated carbocycles. The van der Waals surface area contributed by atoms with E-state index in [0.717, 1.165) is 51.5 Å². The van der Waals surface area contributed by atoms with E-state index in [1.165, 1.54) is 12.1 Å². The number of carbonyl (C=O) groups is 4. The van der Waals surface area contributed by atoms with Crippen LogP contribution in [-0.2, 0) is 25.6 Å². The monoisotopic (exact) mass is 553 g/mol. The van der Waals surface area contributed by atoms with E-state index in [-0.39, 0.29) is 42.4 Å². The van der Waals surface area contributed by atoms with Gasteiger partial charge in [-0.25, -0.2) is 0 Å². The summed E-state index contributed by atoms with van der Waals surface area (Å²) in [6.07, 6.45) is 2.59. The lowest BCUT2D eigenvalue weighted by Crippen LogP contribution is -2.49. The van der Waals surface area contributed by atoms with Crippen LogP contribution in [0.1, 0.15) is 37.7 Å². The molecule has 14 heteroatoms. The molecule has 1 rings (SSSR count). The zero-order valence-electron chi connectivity index (χ0n) is 22.2. The van der Waals surface area contributed by atoms with Crippen molar-refractivity contribution in [3.8, 4) is 11.5 Å². The lowest BCUT2D eigenvalue weighted by Gasteiger charge is -2.17. The van der Waals surface area contributed by atoms with Crippen molar-refractivity contribution in [2.45, 2.75) is 50.6 Å². The fraction of sp³-hybridized carbons (Fsp3) is 0.600. The van der Waals surface area contributed by atoms with Gasteiger partial charge in [-0.05, 0) is 57.9 Å². The van der Waals surface area contributed by atoms with E-state index in [2.05, 4.69) is 26.6 Å². The van der Waals surface area contributed by atoms with E-state index in [1.807, 2.05) is 0 Å². The number of hydrogen-bond donors (Lipinski definition) is 10. The molecule has 14 nitrogen and oxygen atoms in total. The second kappa shape index (κ2) is 19.6. The summed E-state index contributed by atoms with van der Waals surface area (Å²) in [5, 5.41) is 42.4. The van der Waals surface area contributed by atoms with Crippen LogP contribution in [0.4, 0.5) is 0 Å². The van der Waals surface area contributed by atoms with Crippen molar-refractivity contribution in [1.29, 1.82) is 0 Å². The molecule has 0 fully saturated rings. The third-order valence-electron chi connectivity index (χ3n) is 5.63. The number of phenols is 2. The predicted molar refractivity (Wildman–Crippen MR) is 145 cm³/mol. The topological polar surface area (TPSA) is 241 Å². The van der Waals surface area contributed by atoms with Crippen LogP contribution in [0.3, 0.4) is 0 Å². The Morgan fingerprint density at radius 1 is 0.821 bits per heavy atom. The first-order valence-corrected chi connectivity index (χ1v) is 13.1. The number of unbranched alkanes of at least 4 members (excludes halogenated alkanes) is 1. The number of amides is 4. The fourth-order valence-electron chi connectivity index (χ4n) is 3.47. The molecule has 12 N–H and O–H groups in total. The van der Waals surface area contributed by atoms with Gasteiger partial charge in [0.2, 0.25) is 23.6 Å². The van der Waals surface area contributed by atoms with Gasteiger partial charge in [-0.3, -0.25) is 19.2 Å². The molecule has 220 valence electrons. The van der Waals surface area contributed by atoms with Crippen LogP contribution in [0.5, 0.6) is 11.5 Å². The standard InChI is InChI=1S/C25H43N7O7/c26-19(16-33)24(38)30-12-4-10-29-9-3-8-28-7-1-2-11-31-25(39)20(15-22(27)36)32-23(37)13-17-5-6-18(34)14-21(17)35/h5-6,14,19-20,28-29,33-35H,1-4,7-13,15-16,26H2,(H2,27,36)(H,30,38)(H,31,39)(H,32,37)/t19-,20-/m0/s1. The first-order chi connectivity index (χ1) is 18.6. The van der Waals surface area contributed by atoms with Gasteiger partial charge in [0.15, 0.2) is 0 Å². The minimum atomic E-state index is -1.13. The number of benzene rings is 1. The molecule has 0 aliphatic carbocycles. The third-order valence-corrected chi connectivity index (χ3v) is 5.63. The van der Waals surface area contributed by atoms with Gasteiger partial charge in [0.25, 0.3) is 0 Å². The molecule has 1 aromatic carbocycles. The van der Waals surface area contributed by atoms with Gasteiger partial charge in [0, 0.05) is 24.7 Å². The second-order valence-corrected chi connectivity index (χ2v) is 9.07. The molecule has 1 aromatic rings. The van der Waals surface area contributed by atoms with Crippen molar-refractivity contribution in [2.75, 3.05) is 45.9 Å². The number of nitrogens with two attached hydrogens (primary N) is 2. The molecule has 0 spiro atoms. The Bertz CT molecular complexity index is 917. The van der Waals surface area contributed by atoms with Gasteiger partial charge < -0.3 is 53.4 Å². The van der Waals surface area contributed by atoms with Crippen LogP contribution in [-0.4, -0.2) is 96.9 Å². The van der Waals surface area contributed by atoms with Gasteiger partial charge >= 0.3 is 0 Å². The zero-order valence-corrected chi connectivity index (χ0v) is 22.2. The lowest BCUT2D eigenvalue weighted by atomic mass is 10.1.